The van der Waals surface area contributed by atoms with Crippen LogP contribution in [0.25, 0.3) is 0 Å². The number of benzene rings is 1. The van der Waals surface area contributed by atoms with Gasteiger partial charge in [-0.05, 0) is 18.4 Å². The number of carboxylic acids is 1. The maximum atomic E-state index is 13.5. The highest BCUT2D eigenvalue weighted by Gasteiger charge is 2.12. The lowest BCUT2D eigenvalue weighted by Crippen LogP contribution is -2.39. The summed E-state index contributed by atoms with van der Waals surface area (Å²) >= 11 is 0. The molecule has 0 spiro atoms. The summed E-state index contributed by atoms with van der Waals surface area (Å²) in [4.78, 5) is 23.7. The molecule has 0 bridgehead atoms. The van der Waals surface area contributed by atoms with Crippen LogP contribution in [-0.4, -0.2) is 35.6 Å². The minimum Gasteiger partial charge on any atom is -0.481 e. The Balaban J connectivity index is 2.38. The lowest BCUT2D eigenvalue weighted by Gasteiger charge is -2.20. The van der Waals surface area contributed by atoms with Gasteiger partial charge in [-0.15, -0.1) is 0 Å². The van der Waals surface area contributed by atoms with Crippen LogP contribution in [0.3, 0.4) is 0 Å². The summed E-state index contributed by atoms with van der Waals surface area (Å²) in [5.74, 6) is -1.11. The maximum absolute atomic E-state index is 13.5. The van der Waals surface area contributed by atoms with Crippen LogP contribution in [0.1, 0.15) is 25.3 Å². The number of amides is 2. The van der Waals surface area contributed by atoms with Gasteiger partial charge in [0.2, 0.25) is 0 Å². The van der Waals surface area contributed by atoms with Gasteiger partial charge in [-0.25, -0.2) is 9.18 Å². The Labute approximate surface area is 123 Å². The second kappa shape index (κ2) is 8.24. The number of hydrogen-bond donors (Lipinski definition) is 2. The molecule has 0 saturated carbocycles. The van der Waals surface area contributed by atoms with Crippen LogP contribution in [0.15, 0.2) is 24.3 Å². The number of hydrogen-bond acceptors (Lipinski definition) is 2. The molecule has 0 heterocycles. The average molecular weight is 296 g/mol. The van der Waals surface area contributed by atoms with Gasteiger partial charge >= 0.3 is 12.0 Å². The van der Waals surface area contributed by atoms with Crippen LogP contribution < -0.4 is 5.32 Å². The molecule has 0 aromatic heterocycles. The molecule has 116 valence electrons. The van der Waals surface area contributed by atoms with E-state index in [4.69, 9.17) is 5.11 Å². The lowest BCUT2D eigenvalue weighted by atomic mass is 10.1. The number of carboxylic acid groups (broad SMARTS) is 1. The van der Waals surface area contributed by atoms with Crippen molar-refractivity contribution in [2.45, 2.75) is 26.3 Å². The number of nitrogens with zero attached hydrogens (tertiary/aromatic N) is 1. The van der Waals surface area contributed by atoms with Gasteiger partial charge in [-0.1, -0.05) is 25.1 Å². The molecule has 1 atom stereocenters. The zero-order valence-electron chi connectivity index (χ0n) is 12.3. The van der Waals surface area contributed by atoms with E-state index in [2.05, 4.69) is 5.32 Å². The third-order valence-electron chi connectivity index (χ3n) is 3.16. The van der Waals surface area contributed by atoms with Crippen molar-refractivity contribution >= 4 is 12.0 Å². The monoisotopic (exact) mass is 296 g/mol. The lowest BCUT2D eigenvalue weighted by molar-refractivity contribution is -0.137. The summed E-state index contributed by atoms with van der Waals surface area (Å²) in [5.41, 5.74) is 0.453. The fourth-order valence-electron chi connectivity index (χ4n) is 1.82. The first-order chi connectivity index (χ1) is 9.90. The van der Waals surface area contributed by atoms with Crippen LogP contribution >= 0.6 is 0 Å². The molecule has 5 nitrogen and oxygen atoms in total. The molecule has 1 unspecified atom stereocenters. The molecule has 2 N–H and O–H groups in total. The van der Waals surface area contributed by atoms with Crippen LogP contribution in [0.5, 0.6) is 0 Å². The minimum absolute atomic E-state index is 0.0758. The number of carbonyl (C=O) groups is 2. The molecule has 0 radical (unpaired) electrons. The van der Waals surface area contributed by atoms with Crippen molar-refractivity contribution in [2.24, 2.45) is 5.92 Å². The molecular weight excluding hydrogens is 275 g/mol. The van der Waals surface area contributed by atoms with Gasteiger partial charge in [0.25, 0.3) is 0 Å². The number of carbonyl (C=O) groups excluding carboxylic acids is 1. The molecule has 1 aromatic rings. The van der Waals surface area contributed by atoms with Gasteiger partial charge in [-0.3, -0.25) is 4.79 Å². The topological polar surface area (TPSA) is 69.6 Å². The number of nitrogens with one attached hydrogen (secondary N) is 1. The average Bonchev–Trinajstić information content (AvgIpc) is 2.44. The maximum Gasteiger partial charge on any atom is 0.317 e. The molecule has 0 fully saturated rings. The Bertz CT molecular complexity index is 494. The highest BCUT2D eigenvalue weighted by Crippen LogP contribution is 2.09. The van der Waals surface area contributed by atoms with Crippen molar-refractivity contribution in [1.82, 2.24) is 10.2 Å². The first kappa shape index (κ1) is 16.9. The van der Waals surface area contributed by atoms with Gasteiger partial charge < -0.3 is 15.3 Å². The molecule has 0 saturated heterocycles. The Hall–Kier alpha value is -2.11. The highest BCUT2D eigenvalue weighted by molar-refractivity contribution is 5.73. The predicted octanol–water partition coefficient (Wildman–Crippen LogP) is 2.47. The zero-order chi connectivity index (χ0) is 15.8. The molecule has 2 amide bonds. The molecule has 21 heavy (non-hydrogen) atoms. The van der Waals surface area contributed by atoms with Crippen LogP contribution in [0.4, 0.5) is 9.18 Å². The largest absolute Gasteiger partial charge is 0.481 e. The standard InChI is InChI=1S/C15H21FN2O3/c1-11(7-8-14(19)20)9-17-15(21)18(2)10-12-5-3-4-6-13(12)16/h3-6,11H,7-10H2,1-2H3,(H,17,21)(H,19,20). The summed E-state index contributed by atoms with van der Waals surface area (Å²) in [6, 6.07) is 6.01. The Morgan fingerprint density at radius 1 is 1.38 bits per heavy atom. The van der Waals surface area contributed by atoms with Crippen molar-refractivity contribution in [2.75, 3.05) is 13.6 Å². The summed E-state index contributed by atoms with van der Waals surface area (Å²) in [6.45, 7) is 2.45. The Kier molecular flexibility index (Phi) is 6.65. The van der Waals surface area contributed by atoms with Gasteiger partial charge in [0.15, 0.2) is 0 Å². The van der Waals surface area contributed by atoms with E-state index in [0.29, 0.717) is 18.5 Å². The zero-order valence-corrected chi connectivity index (χ0v) is 12.3. The number of rotatable bonds is 7. The van der Waals surface area contributed by atoms with E-state index >= 15 is 0 Å². The first-order valence-electron chi connectivity index (χ1n) is 6.84. The smallest absolute Gasteiger partial charge is 0.317 e. The van der Waals surface area contributed by atoms with Crippen molar-refractivity contribution in [3.8, 4) is 0 Å². The van der Waals surface area contributed by atoms with E-state index in [0.717, 1.165) is 0 Å². The van der Waals surface area contributed by atoms with E-state index < -0.39 is 5.97 Å². The first-order valence-corrected chi connectivity index (χ1v) is 6.84. The van der Waals surface area contributed by atoms with Crippen LogP contribution in [0.2, 0.25) is 0 Å². The van der Waals surface area contributed by atoms with Gasteiger partial charge in [0, 0.05) is 32.1 Å². The van der Waals surface area contributed by atoms with Gasteiger partial charge in [0.1, 0.15) is 5.82 Å². The van der Waals surface area contributed by atoms with Crippen LogP contribution in [-0.2, 0) is 11.3 Å². The van der Waals surface area contributed by atoms with Crippen molar-refractivity contribution in [1.29, 1.82) is 0 Å². The number of aliphatic carboxylic acids is 1. The normalized spacial score (nSPS) is 11.8. The Morgan fingerprint density at radius 2 is 2.05 bits per heavy atom. The predicted molar refractivity (Wildman–Crippen MR) is 77.3 cm³/mol. The molecular formula is C15H21FN2O3. The molecule has 6 heteroatoms. The molecule has 0 aliphatic heterocycles. The quantitative estimate of drug-likeness (QED) is 0.812. The van der Waals surface area contributed by atoms with E-state index in [1.165, 1.54) is 11.0 Å². The van der Waals surface area contributed by atoms with Gasteiger partial charge in [0.05, 0.1) is 0 Å². The van der Waals surface area contributed by atoms with Crippen molar-refractivity contribution < 1.29 is 19.1 Å². The SMILES string of the molecule is CC(CCC(=O)O)CNC(=O)N(C)Cc1ccccc1F. The molecule has 1 aromatic carbocycles. The molecule has 0 aliphatic rings. The third kappa shape index (κ3) is 6.25. The summed E-state index contributed by atoms with van der Waals surface area (Å²) < 4.78 is 13.5. The minimum atomic E-state index is -0.843. The second-order valence-electron chi connectivity index (χ2n) is 5.17. The fraction of sp³-hybridized carbons (Fsp3) is 0.467. The number of halogens is 1. The van der Waals surface area contributed by atoms with E-state index in [-0.39, 0.29) is 30.7 Å². The van der Waals surface area contributed by atoms with E-state index in [1.807, 2.05) is 6.92 Å². The second-order valence-corrected chi connectivity index (χ2v) is 5.17. The number of urea groups is 1. The highest BCUT2D eigenvalue weighted by atomic mass is 19.1. The third-order valence-corrected chi connectivity index (χ3v) is 3.16. The van der Waals surface area contributed by atoms with Crippen molar-refractivity contribution in [3.05, 3.63) is 35.6 Å². The van der Waals surface area contributed by atoms with E-state index in [9.17, 15) is 14.0 Å². The Morgan fingerprint density at radius 3 is 2.67 bits per heavy atom. The van der Waals surface area contributed by atoms with Gasteiger partial charge in [-0.2, -0.15) is 0 Å². The summed E-state index contributed by atoms with van der Waals surface area (Å²) in [5, 5.41) is 11.3. The summed E-state index contributed by atoms with van der Waals surface area (Å²) in [7, 11) is 1.59. The molecule has 1 rings (SSSR count). The molecule has 0 aliphatic carbocycles. The fourth-order valence-corrected chi connectivity index (χ4v) is 1.82. The summed E-state index contributed by atoms with van der Waals surface area (Å²) in [6.07, 6.45) is 0.592. The van der Waals surface area contributed by atoms with Crippen molar-refractivity contribution in [3.63, 3.8) is 0 Å². The van der Waals surface area contributed by atoms with Crippen LogP contribution in [0, 0.1) is 11.7 Å². The van der Waals surface area contributed by atoms with E-state index in [1.54, 1.807) is 25.2 Å².